The first-order chi connectivity index (χ1) is 4.87. The maximum absolute atomic E-state index is 11.1. The quantitative estimate of drug-likeness (QED) is 0.613. The van der Waals surface area contributed by atoms with Gasteiger partial charge >= 0.3 is 0 Å². The summed E-state index contributed by atoms with van der Waals surface area (Å²) in [6, 6.07) is 0. The molecule has 0 rings (SSSR count). The van der Waals surface area contributed by atoms with E-state index >= 15 is 0 Å². The predicted molar refractivity (Wildman–Crippen MR) is 42.7 cm³/mol. The molecule has 0 saturated carbocycles. The number of nitrogens with one attached hydrogen (secondary N) is 1. The van der Waals surface area contributed by atoms with Crippen molar-refractivity contribution in [1.82, 2.24) is 4.72 Å². The molecule has 4 nitrogen and oxygen atoms in total. The zero-order chi connectivity index (χ0) is 9.12. The molecule has 0 spiro atoms. The minimum absolute atomic E-state index is 0.305. The largest absolute Gasteiger partial charge is 0.302 e. The number of hydrogen-bond donors (Lipinski definition) is 1. The minimum atomic E-state index is -3.48. The van der Waals surface area contributed by atoms with Crippen LogP contribution in [0.15, 0.2) is 0 Å². The number of sulfonamides is 1. The van der Waals surface area contributed by atoms with E-state index in [1.807, 2.05) is 0 Å². The van der Waals surface area contributed by atoms with Crippen molar-refractivity contribution in [2.45, 2.75) is 25.5 Å². The Bertz CT molecular complexity index is 230. The summed E-state index contributed by atoms with van der Waals surface area (Å²) in [5.74, 6) is 0. The molecule has 0 aliphatic rings. The molecule has 0 aromatic carbocycles. The molecule has 1 N–H and O–H groups in total. The maximum Gasteiger partial charge on any atom is 0.223 e. The number of rotatable bonds is 4. The van der Waals surface area contributed by atoms with E-state index in [0.717, 1.165) is 0 Å². The summed E-state index contributed by atoms with van der Waals surface area (Å²) in [4.78, 5) is 10.3. The monoisotopic (exact) mass is 179 g/mol. The fourth-order valence-corrected chi connectivity index (χ4v) is 1.32. The van der Waals surface area contributed by atoms with Crippen LogP contribution in [0.4, 0.5) is 0 Å². The topological polar surface area (TPSA) is 63.2 Å². The Balaban J connectivity index is 4.69. The summed E-state index contributed by atoms with van der Waals surface area (Å²) < 4.78 is 23.2. The van der Waals surface area contributed by atoms with Crippen molar-refractivity contribution >= 4 is 16.3 Å². The van der Waals surface area contributed by atoms with Crippen molar-refractivity contribution in [3.8, 4) is 0 Å². The Morgan fingerprint density at radius 1 is 1.45 bits per heavy atom. The van der Waals surface area contributed by atoms with Gasteiger partial charge in [0.1, 0.15) is 11.0 Å². The fourth-order valence-electron chi connectivity index (χ4n) is 0.439. The molecule has 11 heavy (non-hydrogen) atoms. The Morgan fingerprint density at radius 2 is 1.91 bits per heavy atom. The van der Waals surface area contributed by atoms with Crippen LogP contribution >= 0.6 is 0 Å². The van der Waals surface area contributed by atoms with Crippen LogP contribution in [0, 0.1) is 0 Å². The summed E-state index contributed by atoms with van der Waals surface area (Å²) in [7, 11) is -3.48. The lowest BCUT2D eigenvalue weighted by Gasteiger charge is -2.17. The van der Waals surface area contributed by atoms with E-state index in [4.69, 9.17) is 0 Å². The highest BCUT2D eigenvalue weighted by atomic mass is 32.2. The zero-order valence-electron chi connectivity index (χ0n) is 6.92. The average molecular weight is 179 g/mol. The highest BCUT2D eigenvalue weighted by Crippen LogP contribution is 2.10. The third-order valence-electron chi connectivity index (χ3n) is 1.31. The van der Waals surface area contributed by atoms with Gasteiger partial charge in [-0.3, -0.25) is 0 Å². The highest BCUT2D eigenvalue weighted by molar-refractivity contribution is 7.91. The molecule has 0 aliphatic heterocycles. The lowest BCUT2D eigenvalue weighted by molar-refractivity contribution is -0.109. The van der Waals surface area contributed by atoms with Crippen molar-refractivity contribution in [2.24, 2.45) is 0 Å². The Morgan fingerprint density at radius 3 is 2.18 bits per heavy atom. The van der Waals surface area contributed by atoms with Gasteiger partial charge in [0.05, 0.1) is 0 Å². The standard InChI is InChI=1S/C6H13NO3S/c1-4-7-11(9,10)6(2,3)5-8/h5,7H,4H2,1-3H3. The third-order valence-corrected chi connectivity index (χ3v) is 3.46. The molecular weight excluding hydrogens is 166 g/mol. The van der Waals surface area contributed by atoms with Gasteiger partial charge in [-0.1, -0.05) is 6.92 Å². The van der Waals surface area contributed by atoms with Crippen molar-refractivity contribution < 1.29 is 13.2 Å². The second kappa shape index (κ2) is 3.32. The van der Waals surface area contributed by atoms with Gasteiger partial charge in [-0.2, -0.15) is 0 Å². The molecule has 66 valence electrons. The van der Waals surface area contributed by atoms with Crippen LogP contribution in [0.5, 0.6) is 0 Å². The first kappa shape index (κ1) is 10.6. The lowest BCUT2D eigenvalue weighted by atomic mass is 10.2. The molecule has 5 heteroatoms. The molecule has 0 atom stereocenters. The summed E-state index contributed by atoms with van der Waals surface area (Å²) >= 11 is 0. The van der Waals surface area contributed by atoms with Gasteiger partial charge in [-0.25, -0.2) is 13.1 Å². The lowest BCUT2D eigenvalue weighted by Crippen LogP contribution is -2.42. The fraction of sp³-hybridized carbons (Fsp3) is 0.833. The SMILES string of the molecule is CCNS(=O)(=O)C(C)(C)C=O. The van der Waals surface area contributed by atoms with Crippen molar-refractivity contribution in [1.29, 1.82) is 0 Å². The molecule has 0 aromatic heterocycles. The third kappa shape index (κ3) is 2.27. The second-order valence-electron chi connectivity index (χ2n) is 2.72. The van der Waals surface area contributed by atoms with Gasteiger partial charge in [-0.05, 0) is 13.8 Å². The summed E-state index contributed by atoms with van der Waals surface area (Å²) in [5, 5.41) is 0. The second-order valence-corrected chi connectivity index (χ2v) is 5.07. The molecule has 0 aromatic rings. The van der Waals surface area contributed by atoms with Crippen LogP contribution in [0.25, 0.3) is 0 Å². The smallest absolute Gasteiger partial charge is 0.223 e. The van der Waals surface area contributed by atoms with Crippen LogP contribution in [-0.4, -0.2) is 26.0 Å². The minimum Gasteiger partial charge on any atom is -0.302 e. The van der Waals surface area contributed by atoms with Gasteiger partial charge in [-0.15, -0.1) is 0 Å². The zero-order valence-corrected chi connectivity index (χ0v) is 7.73. The van der Waals surface area contributed by atoms with Gasteiger partial charge < -0.3 is 4.79 Å². The van der Waals surface area contributed by atoms with Crippen LogP contribution in [0.2, 0.25) is 0 Å². The van der Waals surface area contributed by atoms with E-state index in [1.165, 1.54) is 13.8 Å². The number of hydrogen-bond acceptors (Lipinski definition) is 3. The highest BCUT2D eigenvalue weighted by Gasteiger charge is 2.32. The predicted octanol–water partition coefficient (Wildman–Crippen LogP) is -0.0968. The van der Waals surface area contributed by atoms with E-state index in [-0.39, 0.29) is 0 Å². The molecule has 0 heterocycles. The van der Waals surface area contributed by atoms with E-state index in [1.54, 1.807) is 6.92 Å². The van der Waals surface area contributed by atoms with E-state index < -0.39 is 14.8 Å². The average Bonchev–Trinajstić information content (AvgIpc) is 1.87. The van der Waals surface area contributed by atoms with Gasteiger partial charge in [0.2, 0.25) is 10.0 Å². The molecule has 0 aliphatic carbocycles. The summed E-state index contributed by atoms with van der Waals surface area (Å²) in [5.41, 5.74) is 0. The number of carbonyl (C=O) groups is 1. The van der Waals surface area contributed by atoms with Crippen LogP contribution in [0.1, 0.15) is 20.8 Å². The van der Waals surface area contributed by atoms with Crippen molar-refractivity contribution in [2.75, 3.05) is 6.54 Å². The Kier molecular flexibility index (Phi) is 3.19. The van der Waals surface area contributed by atoms with Crippen LogP contribution in [0.3, 0.4) is 0 Å². The number of carbonyl (C=O) groups excluding carboxylic acids is 1. The molecule has 0 saturated heterocycles. The van der Waals surface area contributed by atoms with Gasteiger partial charge in [0, 0.05) is 6.54 Å². The van der Waals surface area contributed by atoms with Crippen LogP contribution in [-0.2, 0) is 14.8 Å². The van der Waals surface area contributed by atoms with E-state index in [2.05, 4.69) is 4.72 Å². The molecule has 0 radical (unpaired) electrons. The first-order valence-electron chi connectivity index (χ1n) is 3.33. The molecule has 0 bridgehead atoms. The van der Waals surface area contributed by atoms with Crippen molar-refractivity contribution in [3.05, 3.63) is 0 Å². The molecule has 0 unspecified atom stereocenters. The Hall–Kier alpha value is -0.420. The Labute approximate surface area is 67.0 Å². The van der Waals surface area contributed by atoms with Crippen molar-refractivity contribution in [3.63, 3.8) is 0 Å². The van der Waals surface area contributed by atoms with Crippen LogP contribution < -0.4 is 4.72 Å². The normalized spacial score (nSPS) is 13.0. The number of aldehydes is 1. The summed E-state index contributed by atoms with van der Waals surface area (Å²) in [6.45, 7) is 4.69. The molecule has 0 fully saturated rings. The molecule has 0 amide bonds. The maximum atomic E-state index is 11.1. The summed E-state index contributed by atoms with van der Waals surface area (Å²) in [6.07, 6.45) is 0.422. The van der Waals surface area contributed by atoms with E-state index in [0.29, 0.717) is 12.8 Å². The molecular formula is C6H13NO3S. The van der Waals surface area contributed by atoms with E-state index in [9.17, 15) is 13.2 Å². The van der Waals surface area contributed by atoms with Gasteiger partial charge in [0.15, 0.2) is 0 Å². The first-order valence-corrected chi connectivity index (χ1v) is 4.81. The van der Waals surface area contributed by atoms with Gasteiger partial charge in [0.25, 0.3) is 0 Å².